The first-order chi connectivity index (χ1) is 10.3. The maximum absolute atomic E-state index is 12.5. The summed E-state index contributed by atoms with van der Waals surface area (Å²) >= 11 is 0. The third-order valence-corrected chi connectivity index (χ3v) is 3.82. The van der Waals surface area contributed by atoms with Gasteiger partial charge in [-0.15, -0.1) is 0 Å². The lowest BCUT2D eigenvalue weighted by Crippen LogP contribution is -2.33. The van der Waals surface area contributed by atoms with Crippen LogP contribution in [0.2, 0.25) is 0 Å². The Morgan fingerprint density at radius 1 is 1.24 bits per heavy atom. The minimum atomic E-state index is 0.0681. The molecule has 0 saturated carbocycles. The number of aromatic nitrogens is 2. The Kier molecular flexibility index (Phi) is 4.01. The topological polar surface area (TPSA) is 50.2 Å². The van der Waals surface area contributed by atoms with Gasteiger partial charge in [0.25, 0.3) is 5.91 Å². The fourth-order valence-corrected chi connectivity index (χ4v) is 2.62. The van der Waals surface area contributed by atoms with E-state index >= 15 is 0 Å². The third kappa shape index (κ3) is 2.97. The van der Waals surface area contributed by atoms with Gasteiger partial charge in [-0.25, -0.2) is 4.68 Å². The minimum Gasteiger partial charge on any atom is -0.337 e. The van der Waals surface area contributed by atoms with Gasteiger partial charge in [0.1, 0.15) is 0 Å². The number of rotatable bonds is 2. The van der Waals surface area contributed by atoms with Crippen LogP contribution in [0.3, 0.4) is 0 Å². The van der Waals surface area contributed by atoms with E-state index in [1.54, 1.807) is 10.9 Å². The van der Waals surface area contributed by atoms with Gasteiger partial charge >= 0.3 is 0 Å². The maximum Gasteiger partial charge on any atom is 0.257 e. The summed E-state index contributed by atoms with van der Waals surface area (Å²) in [6.45, 7) is 5.44. The Bertz CT molecular complexity index is 627. The Hall–Kier alpha value is -2.14. The molecule has 1 aliphatic rings. The number of hydrogen-bond acceptors (Lipinski definition) is 3. The Labute approximate surface area is 124 Å². The lowest BCUT2D eigenvalue weighted by Gasteiger charge is -2.18. The summed E-state index contributed by atoms with van der Waals surface area (Å²) in [5, 5.41) is 7.65. The van der Waals surface area contributed by atoms with Crippen LogP contribution in [-0.4, -0.2) is 46.8 Å². The number of hydrogen-bond donors (Lipinski definition) is 1. The molecule has 0 spiro atoms. The summed E-state index contributed by atoms with van der Waals surface area (Å²) < 4.78 is 1.78. The number of carbonyl (C=O) groups is 1. The second-order valence-electron chi connectivity index (χ2n) is 5.36. The van der Waals surface area contributed by atoms with Gasteiger partial charge in [0.2, 0.25) is 0 Å². The first-order valence-electron chi connectivity index (χ1n) is 7.36. The van der Waals surface area contributed by atoms with Crippen molar-refractivity contribution in [2.75, 3.05) is 26.2 Å². The van der Waals surface area contributed by atoms with E-state index in [9.17, 15) is 4.79 Å². The number of para-hydroxylation sites is 1. The summed E-state index contributed by atoms with van der Waals surface area (Å²) in [7, 11) is 0. The highest BCUT2D eigenvalue weighted by Crippen LogP contribution is 2.14. The zero-order valence-electron chi connectivity index (χ0n) is 12.2. The molecule has 1 N–H and O–H groups in total. The van der Waals surface area contributed by atoms with E-state index in [4.69, 9.17) is 0 Å². The molecule has 1 fully saturated rings. The summed E-state index contributed by atoms with van der Waals surface area (Å²) in [6, 6.07) is 8.02. The van der Waals surface area contributed by atoms with Crippen molar-refractivity contribution in [2.24, 2.45) is 0 Å². The molecule has 0 aliphatic carbocycles. The van der Waals surface area contributed by atoms with Crippen LogP contribution in [0.25, 0.3) is 5.69 Å². The van der Waals surface area contributed by atoms with E-state index in [1.807, 2.05) is 42.3 Å². The molecule has 0 bridgehead atoms. The molecule has 5 heteroatoms. The number of benzene rings is 1. The second-order valence-corrected chi connectivity index (χ2v) is 5.36. The van der Waals surface area contributed by atoms with Crippen LogP contribution in [-0.2, 0) is 0 Å². The summed E-state index contributed by atoms with van der Waals surface area (Å²) in [5.74, 6) is 0.0681. The molecule has 1 aromatic heterocycles. The fraction of sp³-hybridized carbons (Fsp3) is 0.375. The van der Waals surface area contributed by atoms with E-state index in [2.05, 4.69) is 10.4 Å². The van der Waals surface area contributed by atoms with Crippen LogP contribution in [0.15, 0.2) is 36.7 Å². The van der Waals surface area contributed by atoms with Crippen LogP contribution < -0.4 is 5.32 Å². The highest BCUT2D eigenvalue weighted by molar-refractivity contribution is 5.93. The zero-order chi connectivity index (χ0) is 14.7. The number of nitrogens with one attached hydrogen (secondary N) is 1. The zero-order valence-corrected chi connectivity index (χ0v) is 12.2. The van der Waals surface area contributed by atoms with Crippen LogP contribution in [0.1, 0.15) is 22.3 Å². The molecular weight excluding hydrogens is 264 g/mol. The summed E-state index contributed by atoms with van der Waals surface area (Å²) in [5.41, 5.74) is 2.80. The van der Waals surface area contributed by atoms with Gasteiger partial charge in [-0.2, -0.15) is 5.10 Å². The Morgan fingerprint density at radius 3 is 2.95 bits per heavy atom. The van der Waals surface area contributed by atoms with Gasteiger partial charge in [-0.1, -0.05) is 18.2 Å². The molecule has 21 heavy (non-hydrogen) atoms. The highest BCUT2D eigenvalue weighted by Gasteiger charge is 2.18. The number of nitrogens with zero attached hydrogens (tertiary/aromatic N) is 3. The molecule has 1 saturated heterocycles. The van der Waals surface area contributed by atoms with E-state index in [1.165, 1.54) is 0 Å². The molecule has 2 aromatic rings. The van der Waals surface area contributed by atoms with Crippen molar-refractivity contribution >= 4 is 5.91 Å². The van der Waals surface area contributed by atoms with Gasteiger partial charge in [0, 0.05) is 25.8 Å². The predicted octanol–water partition coefficient (Wildman–Crippen LogP) is 1.62. The lowest BCUT2D eigenvalue weighted by molar-refractivity contribution is 0.0766. The SMILES string of the molecule is Cc1ccccc1-n1cc(C(=O)N2CCCNCC2)cn1. The van der Waals surface area contributed by atoms with E-state index in [-0.39, 0.29) is 5.91 Å². The second kappa shape index (κ2) is 6.10. The van der Waals surface area contributed by atoms with Crippen molar-refractivity contribution < 1.29 is 4.79 Å². The maximum atomic E-state index is 12.5. The average molecular weight is 284 g/mol. The molecule has 0 atom stereocenters. The van der Waals surface area contributed by atoms with E-state index in [0.29, 0.717) is 5.56 Å². The monoisotopic (exact) mass is 284 g/mol. The minimum absolute atomic E-state index is 0.0681. The van der Waals surface area contributed by atoms with Gasteiger partial charge in [-0.05, 0) is 31.5 Å². The molecule has 0 radical (unpaired) electrons. The molecule has 0 unspecified atom stereocenters. The molecule has 2 heterocycles. The highest BCUT2D eigenvalue weighted by atomic mass is 16.2. The average Bonchev–Trinajstić information content (AvgIpc) is 2.82. The predicted molar refractivity (Wildman–Crippen MR) is 81.7 cm³/mol. The number of amides is 1. The fourth-order valence-electron chi connectivity index (χ4n) is 2.62. The summed E-state index contributed by atoms with van der Waals surface area (Å²) in [6.07, 6.45) is 4.48. The van der Waals surface area contributed by atoms with Gasteiger partial charge in [-0.3, -0.25) is 4.79 Å². The van der Waals surface area contributed by atoms with Crippen molar-refractivity contribution in [1.29, 1.82) is 0 Å². The number of carbonyl (C=O) groups excluding carboxylic acids is 1. The van der Waals surface area contributed by atoms with E-state index < -0.39 is 0 Å². The van der Waals surface area contributed by atoms with Crippen LogP contribution >= 0.6 is 0 Å². The Balaban J connectivity index is 1.81. The summed E-state index contributed by atoms with van der Waals surface area (Å²) in [4.78, 5) is 14.4. The first-order valence-corrected chi connectivity index (χ1v) is 7.36. The molecule has 1 aliphatic heterocycles. The quantitative estimate of drug-likeness (QED) is 0.911. The third-order valence-electron chi connectivity index (χ3n) is 3.82. The van der Waals surface area contributed by atoms with Crippen LogP contribution in [0, 0.1) is 6.92 Å². The van der Waals surface area contributed by atoms with Crippen molar-refractivity contribution in [3.05, 3.63) is 47.8 Å². The largest absolute Gasteiger partial charge is 0.337 e. The molecular formula is C16H20N4O. The van der Waals surface area contributed by atoms with Crippen molar-refractivity contribution in [2.45, 2.75) is 13.3 Å². The first kappa shape index (κ1) is 13.8. The Morgan fingerprint density at radius 2 is 2.10 bits per heavy atom. The molecule has 3 rings (SSSR count). The van der Waals surface area contributed by atoms with Crippen LogP contribution in [0.4, 0.5) is 0 Å². The molecule has 110 valence electrons. The van der Waals surface area contributed by atoms with Gasteiger partial charge in [0.15, 0.2) is 0 Å². The standard InChI is InChI=1S/C16H20N4O/c1-13-5-2-3-6-15(13)20-12-14(11-18-20)16(21)19-9-4-7-17-8-10-19/h2-3,5-6,11-12,17H,4,7-10H2,1H3. The molecule has 1 amide bonds. The van der Waals surface area contributed by atoms with Crippen LogP contribution in [0.5, 0.6) is 0 Å². The normalized spacial score (nSPS) is 15.8. The molecule has 5 nitrogen and oxygen atoms in total. The van der Waals surface area contributed by atoms with Gasteiger partial charge in [0.05, 0.1) is 17.4 Å². The van der Waals surface area contributed by atoms with E-state index in [0.717, 1.165) is 43.9 Å². The van der Waals surface area contributed by atoms with Crippen molar-refractivity contribution in [3.63, 3.8) is 0 Å². The smallest absolute Gasteiger partial charge is 0.257 e. The lowest BCUT2D eigenvalue weighted by atomic mass is 10.2. The molecule has 1 aromatic carbocycles. The van der Waals surface area contributed by atoms with Crippen molar-refractivity contribution in [3.8, 4) is 5.69 Å². The number of aryl methyl sites for hydroxylation is 1. The van der Waals surface area contributed by atoms with Gasteiger partial charge < -0.3 is 10.2 Å². The van der Waals surface area contributed by atoms with Crippen molar-refractivity contribution in [1.82, 2.24) is 20.0 Å².